The second-order valence-corrected chi connectivity index (χ2v) is 7.99. The third kappa shape index (κ3) is 5.60. The minimum atomic E-state index is -0.265. The van der Waals surface area contributed by atoms with Gasteiger partial charge in [-0.3, -0.25) is 9.59 Å². The molecule has 0 spiro atoms. The van der Waals surface area contributed by atoms with Gasteiger partial charge in [-0.2, -0.15) is 0 Å². The maximum atomic E-state index is 12.4. The summed E-state index contributed by atoms with van der Waals surface area (Å²) in [5.41, 5.74) is 3.24. The Balaban J connectivity index is 1.36. The van der Waals surface area contributed by atoms with Crippen LogP contribution < -0.4 is 19.7 Å². The fourth-order valence-corrected chi connectivity index (χ4v) is 3.59. The van der Waals surface area contributed by atoms with E-state index in [1.54, 1.807) is 29.2 Å². The predicted octanol–water partition coefficient (Wildman–Crippen LogP) is 5.05. The largest absolute Gasteiger partial charge is 0.489 e. The molecule has 3 aromatic carbocycles. The fraction of sp³-hybridized carbons (Fsp3) is 0.185. The number of nitrogens with one attached hydrogen (secondary N) is 1. The lowest BCUT2D eigenvalue weighted by molar-refractivity contribution is -0.121. The number of nitrogens with zero attached hydrogens (tertiary/aromatic N) is 1. The van der Waals surface area contributed by atoms with Crippen molar-refractivity contribution >= 4 is 29.3 Å². The second-order valence-electron chi connectivity index (χ2n) is 7.99. The molecule has 168 valence electrons. The fourth-order valence-electron chi connectivity index (χ4n) is 3.59. The zero-order valence-corrected chi connectivity index (χ0v) is 18.7. The van der Waals surface area contributed by atoms with Gasteiger partial charge in [0.15, 0.2) is 6.61 Å². The molecule has 0 bridgehead atoms. The summed E-state index contributed by atoms with van der Waals surface area (Å²) in [6, 6.07) is 22.8. The first-order valence-corrected chi connectivity index (χ1v) is 10.8. The van der Waals surface area contributed by atoms with Crippen molar-refractivity contribution in [2.75, 3.05) is 16.8 Å². The summed E-state index contributed by atoms with van der Waals surface area (Å²) in [5.74, 6) is 1.03. The molecule has 0 fully saturated rings. The lowest BCUT2D eigenvalue weighted by Crippen LogP contribution is -2.43. The topological polar surface area (TPSA) is 67.9 Å². The Morgan fingerprint density at radius 2 is 1.85 bits per heavy atom. The van der Waals surface area contributed by atoms with Crippen LogP contribution in [0.15, 0.2) is 78.9 Å². The van der Waals surface area contributed by atoms with Gasteiger partial charge in [-0.05, 0) is 61.4 Å². The number of hydrogen-bond donors (Lipinski definition) is 1. The van der Waals surface area contributed by atoms with Gasteiger partial charge < -0.3 is 19.7 Å². The maximum absolute atomic E-state index is 12.4. The van der Waals surface area contributed by atoms with Gasteiger partial charge in [-0.1, -0.05) is 42.5 Å². The van der Waals surface area contributed by atoms with Gasteiger partial charge in [0, 0.05) is 17.8 Å². The average molecular weight is 443 g/mol. The molecule has 4 rings (SSSR count). The molecule has 33 heavy (non-hydrogen) atoms. The summed E-state index contributed by atoms with van der Waals surface area (Å²) < 4.78 is 11.3. The number of carbonyl (C=O) groups excluding carboxylic acids is 2. The molecule has 0 atom stereocenters. The van der Waals surface area contributed by atoms with Crippen LogP contribution in [0.2, 0.25) is 0 Å². The van der Waals surface area contributed by atoms with Gasteiger partial charge >= 0.3 is 0 Å². The predicted molar refractivity (Wildman–Crippen MR) is 129 cm³/mol. The second kappa shape index (κ2) is 10.0. The number of fused-ring (bicyclic) bond motifs is 1. The van der Waals surface area contributed by atoms with Gasteiger partial charge in [-0.25, -0.2) is 0 Å². The van der Waals surface area contributed by atoms with Crippen LogP contribution in [0.5, 0.6) is 11.5 Å². The van der Waals surface area contributed by atoms with E-state index in [0.29, 0.717) is 23.7 Å². The van der Waals surface area contributed by atoms with Crippen LogP contribution in [0.1, 0.15) is 25.0 Å². The highest BCUT2D eigenvalue weighted by Gasteiger charge is 2.27. The highest BCUT2D eigenvalue weighted by atomic mass is 16.5. The number of ether oxygens (including phenoxy) is 2. The zero-order chi connectivity index (χ0) is 23.2. The number of benzene rings is 3. The summed E-state index contributed by atoms with van der Waals surface area (Å²) in [5, 5.41) is 2.84. The zero-order valence-electron chi connectivity index (χ0n) is 18.7. The van der Waals surface area contributed by atoms with Crippen molar-refractivity contribution in [2.45, 2.75) is 26.5 Å². The number of rotatable bonds is 7. The lowest BCUT2D eigenvalue weighted by atomic mass is 10.1. The first kappa shape index (κ1) is 22.1. The Labute approximate surface area is 193 Å². The summed E-state index contributed by atoms with van der Waals surface area (Å²) in [6.07, 6.45) is 3.21. The Morgan fingerprint density at radius 3 is 2.58 bits per heavy atom. The molecule has 6 heteroatoms. The molecule has 0 aromatic heterocycles. The number of anilines is 2. The van der Waals surface area contributed by atoms with Crippen molar-refractivity contribution in [2.24, 2.45) is 0 Å². The molecule has 1 heterocycles. The van der Waals surface area contributed by atoms with Gasteiger partial charge in [0.1, 0.15) is 18.1 Å². The van der Waals surface area contributed by atoms with Crippen LogP contribution in [0.4, 0.5) is 11.4 Å². The number of carbonyl (C=O) groups is 2. The van der Waals surface area contributed by atoms with E-state index >= 15 is 0 Å². The number of amides is 2. The van der Waals surface area contributed by atoms with E-state index in [-0.39, 0.29) is 24.5 Å². The molecule has 0 radical (unpaired) electrons. The van der Waals surface area contributed by atoms with Crippen LogP contribution >= 0.6 is 0 Å². The van der Waals surface area contributed by atoms with E-state index in [4.69, 9.17) is 9.47 Å². The average Bonchev–Trinajstić information content (AvgIpc) is 2.82. The van der Waals surface area contributed by atoms with E-state index in [1.165, 1.54) is 6.08 Å². The molecular formula is C27H26N2O4. The first-order valence-electron chi connectivity index (χ1n) is 10.8. The molecule has 0 unspecified atom stereocenters. The smallest absolute Gasteiger partial charge is 0.265 e. The Hall–Kier alpha value is -4.06. The minimum absolute atomic E-state index is 0.00867. The molecule has 1 aliphatic rings. The normalized spacial score (nSPS) is 13.1. The van der Waals surface area contributed by atoms with Crippen LogP contribution in [0, 0.1) is 0 Å². The molecule has 3 aromatic rings. The molecule has 0 saturated heterocycles. The minimum Gasteiger partial charge on any atom is -0.489 e. The molecule has 0 saturated carbocycles. The third-order valence-electron chi connectivity index (χ3n) is 5.18. The molecule has 1 N–H and O–H groups in total. The molecule has 1 aliphatic heterocycles. The SMILES string of the molecule is CC(C)N1C(=O)COc2ccc(NC(=O)/C=C/c3ccc(OCc4ccccc4)cc3)cc21. The first-order chi connectivity index (χ1) is 16.0. The van der Waals surface area contributed by atoms with E-state index in [0.717, 1.165) is 16.9 Å². The number of hydrogen-bond acceptors (Lipinski definition) is 4. The van der Waals surface area contributed by atoms with Gasteiger partial charge in [-0.15, -0.1) is 0 Å². The van der Waals surface area contributed by atoms with Crippen molar-refractivity contribution in [1.82, 2.24) is 0 Å². The molecule has 2 amide bonds. The summed E-state index contributed by atoms with van der Waals surface area (Å²) >= 11 is 0. The van der Waals surface area contributed by atoms with Crippen molar-refractivity contribution in [3.63, 3.8) is 0 Å². The van der Waals surface area contributed by atoms with E-state index in [2.05, 4.69) is 5.32 Å². The van der Waals surface area contributed by atoms with E-state index in [9.17, 15) is 9.59 Å². The molecule has 0 aliphatic carbocycles. The van der Waals surface area contributed by atoms with Crippen LogP contribution in [0.25, 0.3) is 6.08 Å². The summed E-state index contributed by atoms with van der Waals surface area (Å²) in [4.78, 5) is 26.3. The Bertz CT molecular complexity index is 1150. The Kier molecular flexibility index (Phi) is 6.74. The summed E-state index contributed by atoms with van der Waals surface area (Å²) in [6.45, 7) is 4.41. The van der Waals surface area contributed by atoms with Crippen LogP contribution in [-0.4, -0.2) is 24.5 Å². The van der Waals surface area contributed by atoms with Crippen molar-refractivity contribution in [3.8, 4) is 11.5 Å². The van der Waals surface area contributed by atoms with Crippen molar-refractivity contribution < 1.29 is 19.1 Å². The van der Waals surface area contributed by atoms with Gasteiger partial charge in [0.05, 0.1) is 5.69 Å². The van der Waals surface area contributed by atoms with E-state index < -0.39 is 0 Å². The van der Waals surface area contributed by atoms with Crippen LogP contribution in [-0.2, 0) is 16.2 Å². The van der Waals surface area contributed by atoms with Gasteiger partial charge in [0.25, 0.3) is 5.91 Å². The maximum Gasteiger partial charge on any atom is 0.265 e. The lowest BCUT2D eigenvalue weighted by Gasteiger charge is -2.32. The van der Waals surface area contributed by atoms with E-state index in [1.807, 2.05) is 68.4 Å². The van der Waals surface area contributed by atoms with Crippen molar-refractivity contribution in [3.05, 3.63) is 90.0 Å². The summed E-state index contributed by atoms with van der Waals surface area (Å²) in [7, 11) is 0. The third-order valence-corrected chi connectivity index (χ3v) is 5.18. The van der Waals surface area contributed by atoms with Gasteiger partial charge in [0.2, 0.25) is 5.91 Å². The monoisotopic (exact) mass is 442 g/mol. The standard InChI is InChI=1S/C27H26N2O4/c1-19(2)29-24-16-22(11-14-25(24)33-18-27(29)31)28-26(30)15-10-20-8-12-23(13-9-20)32-17-21-6-4-3-5-7-21/h3-16,19H,17-18H2,1-2H3,(H,28,30)/b15-10+. The highest BCUT2D eigenvalue weighted by Crippen LogP contribution is 2.35. The van der Waals surface area contributed by atoms with Crippen LogP contribution in [0.3, 0.4) is 0 Å². The molecule has 6 nitrogen and oxygen atoms in total. The quantitative estimate of drug-likeness (QED) is 0.520. The highest BCUT2D eigenvalue weighted by molar-refractivity contribution is 6.03. The Morgan fingerprint density at radius 1 is 1.09 bits per heavy atom. The molecular weight excluding hydrogens is 416 g/mol. The van der Waals surface area contributed by atoms with Crippen molar-refractivity contribution in [1.29, 1.82) is 0 Å².